The summed E-state index contributed by atoms with van der Waals surface area (Å²) in [5.41, 5.74) is 1.40. The highest BCUT2D eigenvalue weighted by atomic mass is 35.5. The molecule has 1 fully saturated rings. The van der Waals surface area contributed by atoms with Gasteiger partial charge in [-0.2, -0.15) is 0 Å². The van der Waals surface area contributed by atoms with Gasteiger partial charge in [-0.15, -0.1) is 0 Å². The number of piperidine rings is 1. The van der Waals surface area contributed by atoms with Crippen LogP contribution >= 0.6 is 23.2 Å². The minimum absolute atomic E-state index is 0.0117. The van der Waals surface area contributed by atoms with Gasteiger partial charge in [-0.3, -0.25) is 4.79 Å². The summed E-state index contributed by atoms with van der Waals surface area (Å²) in [6, 6.07) is 12.9. The number of carbonyl (C=O) groups is 1. The Morgan fingerprint density at radius 3 is 2.59 bits per heavy atom. The lowest BCUT2D eigenvalue weighted by molar-refractivity contribution is 0.0655. The Balaban J connectivity index is 1.72. The van der Waals surface area contributed by atoms with Crippen molar-refractivity contribution in [2.24, 2.45) is 0 Å². The zero-order valence-corrected chi connectivity index (χ0v) is 17.1. The Bertz CT molecular complexity index is 805. The third-order valence-electron chi connectivity index (χ3n) is 5.07. The Kier molecular flexibility index (Phi) is 6.64. The molecule has 27 heavy (non-hydrogen) atoms. The number of rotatable bonds is 5. The van der Waals surface area contributed by atoms with E-state index in [1.807, 2.05) is 42.3 Å². The average Bonchev–Trinajstić information content (AvgIpc) is 2.67. The van der Waals surface area contributed by atoms with Crippen LogP contribution < -0.4 is 4.74 Å². The van der Waals surface area contributed by atoms with E-state index in [1.54, 1.807) is 12.1 Å². The van der Waals surface area contributed by atoms with Gasteiger partial charge in [-0.25, -0.2) is 0 Å². The predicted molar refractivity (Wildman–Crippen MR) is 110 cm³/mol. The maximum atomic E-state index is 13.1. The number of amides is 1. The molecule has 1 aliphatic heterocycles. The van der Waals surface area contributed by atoms with E-state index in [9.17, 15) is 4.79 Å². The Morgan fingerprint density at radius 1 is 1.19 bits per heavy atom. The lowest BCUT2D eigenvalue weighted by Gasteiger charge is -2.35. The lowest BCUT2D eigenvalue weighted by Crippen LogP contribution is -2.44. The molecular weight excluding hydrogens is 383 g/mol. The summed E-state index contributed by atoms with van der Waals surface area (Å²) in [5.74, 6) is 0.552. The summed E-state index contributed by atoms with van der Waals surface area (Å²) < 4.78 is 5.94. The number of likely N-dealkylation sites (tertiary alicyclic amines) is 1. The van der Waals surface area contributed by atoms with E-state index in [1.165, 1.54) is 0 Å². The molecule has 4 nitrogen and oxygen atoms in total. The summed E-state index contributed by atoms with van der Waals surface area (Å²) in [5, 5.41) is 1.13. The topological polar surface area (TPSA) is 32.8 Å². The van der Waals surface area contributed by atoms with Gasteiger partial charge in [0.15, 0.2) is 0 Å². The van der Waals surface area contributed by atoms with Gasteiger partial charge >= 0.3 is 0 Å². The predicted octanol–water partition coefficient (Wildman–Crippen LogP) is 4.74. The molecule has 1 aliphatic rings. The Labute approximate surface area is 170 Å². The summed E-state index contributed by atoms with van der Waals surface area (Å²) in [6.45, 7) is 2.29. The third-order valence-corrected chi connectivity index (χ3v) is 5.66. The fourth-order valence-corrected chi connectivity index (χ4v) is 3.76. The number of nitrogens with zero attached hydrogens (tertiary/aromatic N) is 2. The van der Waals surface area contributed by atoms with E-state index in [0.717, 1.165) is 31.5 Å². The van der Waals surface area contributed by atoms with Crippen LogP contribution in [-0.4, -0.2) is 48.9 Å². The summed E-state index contributed by atoms with van der Waals surface area (Å²) in [4.78, 5) is 17.2. The smallest absolute Gasteiger partial charge is 0.257 e. The highest BCUT2D eigenvalue weighted by molar-refractivity contribution is 6.35. The molecule has 0 unspecified atom stereocenters. The minimum atomic E-state index is -0.0117. The van der Waals surface area contributed by atoms with Crippen molar-refractivity contribution in [3.05, 3.63) is 63.6 Å². The van der Waals surface area contributed by atoms with E-state index in [2.05, 4.69) is 11.9 Å². The molecule has 144 valence electrons. The van der Waals surface area contributed by atoms with Crippen molar-refractivity contribution in [2.75, 3.05) is 27.2 Å². The highest BCUT2D eigenvalue weighted by Crippen LogP contribution is 2.26. The number of hydrogen-bond donors (Lipinski definition) is 0. The van der Waals surface area contributed by atoms with Gasteiger partial charge in [0, 0.05) is 28.7 Å². The van der Waals surface area contributed by atoms with Gasteiger partial charge in [0.05, 0.1) is 5.56 Å². The van der Waals surface area contributed by atoms with Gasteiger partial charge in [-0.05, 0) is 57.2 Å². The minimum Gasteiger partial charge on any atom is -0.488 e. The first-order chi connectivity index (χ1) is 13.0. The first kappa shape index (κ1) is 20.0. The second-order valence-corrected chi connectivity index (χ2v) is 7.81. The zero-order chi connectivity index (χ0) is 19.4. The monoisotopic (exact) mass is 406 g/mol. The number of benzene rings is 2. The molecule has 0 bridgehead atoms. The second-order valence-electron chi connectivity index (χ2n) is 6.97. The molecule has 1 heterocycles. The summed E-state index contributed by atoms with van der Waals surface area (Å²) in [6.07, 6.45) is 1.98. The fraction of sp³-hybridized carbons (Fsp3) is 0.381. The van der Waals surface area contributed by atoms with Crippen LogP contribution in [0.1, 0.15) is 28.8 Å². The van der Waals surface area contributed by atoms with Crippen molar-refractivity contribution >= 4 is 29.1 Å². The molecule has 2 aromatic rings. The van der Waals surface area contributed by atoms with Gasteiger partial charge in [-0.1, -0.05) is 41.4 Å². The van der Waals surface area contributed by atoms with Crippen LogP contribution in [0.2, 0.25) is 10.0 Å². The van der Waals surface area contributed by atoms with Crippen LogP contribution in [0.25, 0.3) is 0 Å². The van der Waals surface area contributed by atoms with Crippen LogP contribution in [-0.2, 0) is 6.61 Å². The molecule has 0 aliphatic carbocycles. The molecule has 0 saturated carbocycles. The van der Waals surface area contributed by atoms with Gasteiger partial charge in [0.2, 0.25) is 0 Å². The van der Waals surface area contributed by atoms with Crippen molar-refractivity contribution in [1.82, 2.24) is 9.80 Å². The molecule has 2 aromatic carbocycles. The largest absolute Gasteiger partial charge is 0.488 e. The molecule has 0 spiro atoms. The molecule has 0 N–H and O–H groups in total. The SMILES string of the molecule is CN1CCC(N(C)C(=O)c2ccccc2OCc2ccc(Cl)cc2Cl)CC1. The number of hydrogen-bond acceptors (Lipinski definition) is 3. The molecule has 3 rings (SSSR count). The van der Waals surface area contributed by atoms with Crippen LogP contribution in [0.15, 0.2) is 42.5 Å². The number of para-hydroxylation sites is 1. The fourth-order valence-electron chi connectivity index (χ4n) is 3.30. The molecule has 1 saturated heterocycles. The van der Waals surface area contributed by atoms with E-state index in [0.29, 0.717) is 21.4 Å². The Morgan fingerprint density at radius 2 is 1.89 bits per heavy atom. The number of halogens is 2. The van der Waals surface area contributed by atoms with Crippen molar-refractivity contribution in [2.45, 2.75) is 25.5 Å². The second kappa shape index (κ2) is 8.96. The van der Waals surface area contributed by atoms with Gasteiger partial charge in [0.25, 0.3) is 5.91 Å². The van der Waals surface area contributed by atoms with Crippen molar-refractivity contribution < 1.29 is 9.53 Å². The standard InChI is InChI=1S/C21H24Cl2N2O2/c1-24-11-9-17(10-12-24)25(2)21(26)18-5-3-4-6-20(18)27-14-15-7-8-16(22)13-19(15)23/h3-8,13,17H,9-12,14H2,1-2H3. The van der Waals surface area contributed by atoms with Crippen molar-refractivity contribution in [1.29, 1.82) is 0 Å². The first-order valence-corrected chi connectivity index (χ1v) is 9.82. The van der Waals surface area contributed by atoms with Gasteiger partial charge < -0.3 is 14.5 Å². The van der Waals surface area contributed by atoms with E-state index >= 15 is 0 Å². The summed E-state index contributed by atoms with van der Waals surface area (Å²) in [7, 11) is 3.99. The number of carbonyl (C=O) groups excluding carboxylic acids is 1. The normalized spacial score (nSPS) is 15.6. The molecule has 6 heteroatoms. The van der Waals surface area contributed by atoms with Crippen LogP contribution in [0.5, 0.6) is 5.75 Å². The molecule has 0 radical (unpaired) electrons. The molecule has 0 atom stereocenters. The average molecular weight is 407 g/mol. The van der Waals surface area contributed by atoms with Crippen molar-refractivity contribution in [3.63, 3.8) is 0 Å². The maximum Gasteiger partial charge on any atom is 0.257 e. The van der Waals surface area contributed by atoms with E-state index < -0.39 is 0 Å². The van der Waals surface area contributed by atoms with E-state index in [4.69, 9.17) is 27.9 Å². The first-order valence-electron chi connectivity index (χ1n) is 9.07. The third kappa shape index (κ3) is 4.95. The van der Waals surface area contributed by atoms with Crippen LogP contribution in [0, 0.1) is 0 Å². The lowest BCUT2D eigenvalue weighted by atomic mass is 10.0. The Hall–Kier alpha value is -1.75. The quantitative estimate of drug-likeness (QED) is 0.718. The summed E-state index contributed by atoms with van der Waals surface area (Å²) >= 11 is 12.2. The number of ether oxygens (including phenoxy) is 1. The van der Waals surface area contributed by atoms with E-state index in [-0.39, 0.29) is 18.6 Å². The maximum absolute atomic E-state index is 13.1. The molecule has 1 amide bonds. The molecule has 0 aromatic heterocycles. The van der Waals surface area contributed by atoms with Crippen LogP contribution in [0.3, 0.4) is 0 Å². The van der Waals surface area contributed by atoms with Crippen LogP contribution in [0.4, 0.5) is 0 Å². The highest BCUT2D eigenvalue weighted by Gasteiger charge is 2.26. The zero-order valence-electron chi connectivity index (χ0n) is 15.6. The van der Waals surface area contributed by atoms with Crippen molar-refractivity contribution in [3.8, 4) is 5.75 Å². The van der Waals surface area contributed by atoms with Gasteiger partial charge in [0.1, 0.15) is 12.4 Å². The molecular formula is C21H24Cl2N2O2.